The SMILES string of the molecule is COC(=O)N[C@H](C(=O)N1[C@@H]2C[C@@H]2C[C@H]1C1=NC(Cl)=C(c2ccc(-c3ccc4cc(-c5cnc([C@@H]6C[C@H]7C[C@H]7N6C(=O)[C@@H](NC(=O)OC)C(C)C)[nH]5)ccc4c3)cc2)C1)C(C)C. The first-order valence-electron chi connectivity index (χ1n) is 21.3. The van der Waals surface area contributed by atoms with Crippen molar-refractivity contribution in [3.8, 4) is 22.4 Å². The van der Waals surface area contributed by atoms with Crippen LogP contribution in [0, 0.1) is 23.7 Å². The fourth-order valence-corrected chi connectivity index (χ4v) is 10.1. The smallest absolute Gasteiger partial charge is 0.407 e. The third kappa shape index (κ3) is 7.66. The Kier molecular flexibility index (Phi) is 10.7. The highest BCUT2D eigenvalue weighted by atomic mass is 35.5. The topological polar surface area (TPSA) is 158 Å². The molecule has 4 heterocycles. The van der Waals surface area contributed by atoms with E-state index >= 15 is 0 Å². The molecule has 0 unspecified atom stereocenters. The average Bonchev–Trinajstić information content (AvgIpc) is 3.90. The summed E-state index contributed by atoms with van der Waals surface area (Å²) < 4.78 is 9.62. The molecule has 2 aliphatic carbocycles. The molecule has 4 fully saturated rings. The zero-order valence-corrected chi connectivity index (χ0v) is 36.0. The van der Waals surface area contributed by atoms with E-state index in [0.717, 1.165) is 81.5 Å². The normalized spacial score (nSPS) is 24.7. The number of fused-ring (bicyclic) bond motifs is 3. The van der Waals surface area contributed by atoms with Gasteiger partial charge in [-0.2, -0.15) is 0 Å². The van der Waals surface area contributed by atoms with Crippen molar-refractivity contribution >= 4 is 57.7 Å². The van der Waals surface area contributed by atoms with Crippen molar-refractivity contribution in [2.75, 3.05) is 14.2 Å². The van der Waals surface area contributed by atoms with E-state index in [4.69, 9.17) is 31.1 Å². The van der Waals surface area contributed by atoms with Gasteiger partial charge in [-0.3, -0.25) is 9.59 Å². The fraction of sp³-hybridized carbons (Fsp3) is 0.447. The van der Waals surface area contributed by atoms with Gasteiger partial charge in [0.15, 0.2) is 0 Å². The van der Waals surface area contributed by atoms with Crippen LogP contribution in [-0.2, 0) is 19.1 Å². The molecule has 3 aromatic carbocycles. The number of aromatic nitrogens is 2. The largest absolute Gasteiger partial charge is 0.453 e. The Morgan fingerprint density at radius 1 is 0.705 bits per heavy atom. The van der Waals surface area contributed by atoms with E-state index in [2.05, 4.69) is 76.3 Å². The Morgan fingerprint density at radius 2 is 1.21 bits per heavy atom. The van der Waals surface area contributed by atoms with E-state index in [9.17, 15) is 19.2 Å². The molecule has 8 atom stereocenters. The van der Waals surface area contributed by atoms with Gasteiger partial charge in [0.05, 0.1) is 38.2 Å². The number of methoxy groups -OCH3 is 2. The van der Waals surface area contributed by atoms with E-state index in [1.807, 2.05) is 43.7 Å². The van der Waals surface area contributed by atoms with E-state index in [-0.39, 0.29) is 47.8 Å². The lowest BCUT2D eigenvalue weighted by molar-refractivity contribution is -0.137. The van der Waals surface area contributed by atoms with Gasteiger partial charge in [-0.1, -0.05) is 87.8 Å². The van der Waals surface area contributed by atoms with Gasteiger partial charge in [0.25, 0.3) is 0 Å². The first kappa shape index (κ1) is 40.7. The van der Waals surface area contributed by atoms with Crippen molar-refractivity contribution in [3.05, 3.63) is 83.4 Å². The molecule has 0 spiro atoms. The van der Waals surface area contributed by atoms with Gasteiger partial charge in [-0.25, -0.2) is 19.6 Å². The van der Waals surface area contributed by atoms with Crippen molar-refractivity contribution in [1.29, 1.82) is 0 Å². The first-order chi connectivity index (χ1) is 29.3. The summed E-state index contributed by atoms with van der Waals surface area (Å²) in [5.74, 6) is 1.23. The lowest BCUT2D eigenvalue weighted by atomic mass is 9.94. The summed E-state index contributed by atoms with van der Waals surface area (Å²) in [6.07, 6.45) is 4.80. The third-order valence-corrected chi connectivity index (χ3v) is 13.7. The minimum Gasteiger partial charge on any atom is -0.453 e. The van der Waals surface area contributed by atoms with Gasteiger partial charge in [-0.05, 0) is 89.0 Å². The molecule has 4 amide bonds. The van der Waals surface area contributed by atoms with Gasteiger partial charge in [0, 0.05) is 35.4 Å². The van der Waals surface area contributed by atoms with E-state index < -0.39 is 24.3 Å². The van der Waals surface area contributed by atoms with Crippen LogP contribution in [0.4, 0.5) is 9.59 Å². The lowest BCUT2D eigenvalue weighted by Gasteiger charge is -2.33. The monoisotopic (exact) mass is 845 g/mol. The number of aromatic amines is 1. The van der Waals surface area contributed by atoms with Crippen molar-refractivity contribution in [2.24, 2.45) is 28.7 Å². The molecule has 61 heavy (non-hydrogen) atoms. The maximum absolute atomic E-state index is 13.9. The molecule has 13 nitrogen and oxygen atoms in total. The summed E-state index contributed by atoms with van der Waals surface area (Å²) in [5, 5.41) is 8.13. The lowest BCUT2D eigenvalue weighted by Crippen LogP contribution is -2.54. The standard InChI is InChI=1S/C47H52ClN7O6/c1-23(2)40(52-46(58)60-5)44(56)54-36-17-31(36)19-38(54)34-21-33(42(48)50-34)26-9-7-25(8-10-26)27-11-12-29-16-30(14-13-28(29)15-27)35-22-49-43(51-35)39-20-32-18-37(32)55(39)45(57)41(24(3)4)53-47(59)61-6/h7-16,22-24,31-32,36-41H,17-21H2,1-6H3,(H,49,51)(H,52,58)(H,53,59)/t31-,32-,36-,37-,38+,39+,40+,41+/m1/s1. The van der Waals surface area contributed by atoms with Crippen LogP contribution in [0.5, 0.6) is 0 Å². The van der Waals surface area contributed by atoms with Gasteiger partial charge in [-0.15, -0.1) is 0 Å². The maximum Gasteiger partial charge on any atom is 0.407 e. The highest BCUT2D eigenvalue weighted by Gasteiger charge is 2.57. The number of allylic oxidation sites excluding steroid dienone is 1. The average molecular weight is 846 g/mol. The number of carbonyl (C=O) groups is 4. The number of carbonyl (C=O) groups excluding carboxylic acids is 4. The number of piperidine rings is 2. The summed E-state index contributed by atoms with van der Waals surface area (Å²) in [7, 11) is 2.60. The molecule has 2 saturated carbocycles. The fourth-order valence-electron chi connectivity index (χ4n) is 9.82. The summed E-state index contributed by atoms with van der Waals surface area (Å²) in [6, 6.07) is 19.8. The quantitative estimate of drug-likeness (QED) is 0.129. The number of hydrogen-bond donors (Lipinski definition) is 3. The zero-order valence-electron chi connectivity index (χ0n) is 35.3. The summed E-state index contributed by atoms with van der Waals surface area (Å²) >= 11 is 6.82. The molecule has 4 aromatic rings. The van der Waals surface area contributed by atoms with Crippen LogP contribution in [0.1, 0.15) is 77.2 Å². The van der Waals surface area contributed by atoms with Crippen molar-refractivity contribution in [2.45, 2.75) is 96.1 Å². The van der Waals surface area contributed by atoms with Gasteiger partial charge < -0.3 is 34.9 Å². The molecule has 318 valence electrons. The Balaban J connectivity index is 0.868. The van der Waals surface area contributed by atoms with Crippen molar-refractivity contribution in [1.82, 2.24) is 30.4 Å². The molecule has 9 rings (SSSR count). The van der Waals surface area contributed by atoms with Crippen molar-refractivity contribution in [3.63, 3.8) is 0 Å². The van der Waals surface area contributed by atoms with Crippen LogP contribution >= 0.6 is 11.6 Å². The minimum atomic E-state index is -0.685. The molecule has 5 aliphatic rings. The van der Waals surface area contributed by atoms with E-state index in [1.54, 1.807) is 0 Å². The molecule has 0 radical (unpaired) electrons. The van der Waals surface area contributed by atoms with Gasteiger partial charge >= 0.3 is 12.2 Å². The van der Waals surface area contributed by atoms with Crippen LogP contribution in [0.15, 0.2) is 77.0 Å². The Bertz CT molecular complexity index is 2480. The van der Waals surface area contributed by atoms with Crippen LogP contribution < -0.4 is 10.6 Å². The number of aliphatic imine (C=N–C) groups is 1. The number of likely N-dealkylation sites (tertiary alicyclic amines) is 2. The Hall–Kier alpha value is -5.69. The first-order valence-corrected chi connectivity index (χ1v) is 21.7. The highest BCUT2D eigenvalue weighted by Crippen LogP contribution is 2.54. The Morgan fingerprint density at radius 3 is 1.79 bits per heavy atom. The molecule has 1 aromatic heterocycles. The number of hydrogen-bond acceptors (Lipinski definition) is 8. The van der Waals surface area contributed by atoms with E-state index in [0.29, 0.717) is 23.4 Å². The highest BCUT2D eigenvalue weighted by molar-refractivity contribution is 6.35. The number of rotatable bonds is 11. The van der Waals surface area contributed by atoms with Crippen LogP contribution in [0.25, 0.3) is 38.7 Å². The molecule has 2 saturated heterocycles. The van der Waals surface area contributed by atoms with Gasteiger partial charge in [0.1, 0.15) is 23.1 Å². The molecule has 0 bridgehead atoms. The Labute approximate surface area is 360 Å². The predicted octanol–water partition coefficient (Wildman–Crippen LogP) is 8.06. The molecule has 3 N–H and O–H groups in total. The molecule has 3 aliphatic heterocycles. The minimum absolute atomic E-state index is 0.0981. The number of nitrogens with zero attached hydrogens (tertiary/aromatic N) is 4. The van der Waals surface area contributed by atoms with E-state index in [1.165, 1.54) is 14.2 Å². The number of imidazole rings is 1. The number of benzene rings is 3. The third-order valence-electron chi connectivity index (χ3n) is 13.4. The van der Waals surface area contributed by atoms with Crippen LogP contribution in [-0.4, -0.2) is 93.9 Å². The molecule has 14 heteroatoms. The number of alkyl carbamates (subject to hydrolysis) is 2. The number of H-pyrrole nitrogens is 1. The maximum atomic E-state index is 13.9. The molecular formula is C47H52ClN7O6. The van der Waals surface area contributed by atoms with Crippen molar-refractivity contribution < 1.29 is 28.7 Å². The number of nitrogens with one attached hydrogen (secondary N) is 3. The number of ether oxygens (including phenoxy) is 2. The second-order valence-corrected chi connectivity index (χ2v) is 18.3. The molecular weight excluding hydrogens is 794 g/mol. The second-order valence-electron chi connectivity index (χ2n) is 17.9. The number of halogens is 1. The van der Waals surface area contributed by atoms with Crippen LogP contribution in [0.2, 0.25) is 0 Å². The van der Waals surface area contributed by atoms with Crippen LogP contribution in [0.3, 0.4) is 0 Å². The summed E-state index contributed by atoms with van der Waals surface area (Å²) in [5.41, 5.74) is 6.86. The number of amides is 4. The predicted molar refractivity (Wildman–Crippen MR) is 233 cm³/mol. The van der Waals surface area contributed by atoms with Gasteiger partial charge in [0.2, 0.25) is 11.8 Å². The second kappa shape index (κ2) is 16.0. The summed E-state index contributed by atoms with van der Waals surface area (Å²) in [6.45, 7) is 7.69. The summed E-state index contributed by atoms with van der Waals surface area (Å²) in [4.78, 5) is 68.9. The zero-order chi connectivity index (χ0) is 42.9.